The number of aromatic amines is 1. The smallest absolute Gasteiger partial charge is 0.334 e. The highest BCUT2D eigenvalue weighted by molar-refractivity contribution is 7.89. The van der Waals surface area contributed by atoms with Crippen LogP contribution < -0.4 is 0 Å². The molecule has 10 heteroatoms. The first-order valence-corrected chi connectivity index (χ1v) is 8.19. The number of rotatable bonds is 3. The van der Waals surface area contributed by atoms with Crippen molar-refractivity contribution in [1.82, 2.24) is 14.3 Å². The molecule has 1 aliphatic heterocycles. The molecule has 3 heterocycles. The lowest BCUT2D eigenvalue weighted by Crippen LogP contribution is -2.48. The van der Waals surface area contributed by atoms with Crippen LogP contribution in [0.1, 0.15) is 0 Å². The van der Waals surface area contributed by atoms with Gasteiger partial charge in [0.25, 0.3) is 0 Å². The van der Waals surface area contributed by atoms with E-state index in [1.165, 1.54) is 18.5 Å². The van der Waals surface area contributed by atoms with Gasteiger partial charge in [0.1, 0.15) is 10.5 Å². The number of carbonyl (C=O) groups is 1. The average molecular weight is 346 g/mol. The van der Waals surface area contributed by atoms with Crippen LogP contribution in [0.2, 0.25) is 5.02 Å². The number of aliphatic carboxylic acids is 1. The maximum Gasteiger partial charge on any atom is 0.334 e. The zero-order valence-corrected chi connectivity index (χ0v) is 12.8. The fourth-order valence-corrected chi connectivity index (χ4v) is 4.22. The van der Waals surface area contributed by atoms with Crippen molar-refractivity contribution >= 4 is 38.6 Å². The molecule has 8 nitrogen and oxygen atoms in total. The first kappa shape index (κ1) is 15.2. The molecule has 0 aromatic carbocycles. The van der Waals surface area contributed by atoms with Gasteiger partial charge >= 0.3 is 5.97 Å². The lowest BCUT2D eigenvalue weighted by Gasteiger charge is -2.29. The van der Waals surface area contributed by atoms with Gasteiger partial charge < -0.3 is 14.8 Å². The van der Waals surface area contributed by atoms with Crippen LogP contribution in [-0.2, 0) is 19.6 Å². The van der Waals surface area contributed by atoms with Gasteiger partial charge in [-0.2, -0.15) is 4.31 Å². The number of aromatic nitrogens is 2. The standard InChI is InChI=1S/C12H12ClN3O5S/c13-7-1-2-14-11-10(7)9(5-15-11)22(19,20)16-3-4-21-8(6-16)12(17)18/h1-2,5,8H,3-4,6H2,(H,14,15)(H,17,18). The third-order valence-electron chi connectivity index (χ3n) is 3.41. The molecular weight excluding hydrogens is 334 g/mol. The zero-order valence-electron chi connectivity index (χ0n) is 11.2. The van der Waals surface area contributed by atoms with E-state index in [1.54, 1.807) is 0 Å². The van der Waals surface area contributed by atoms with E-state index >= 15 is 0 Å². The Kier molecular flexibility index (Phi) is 3.81. The minimum atomic E-state index is -3.90. The maximum absolute atomic E-state index is 12.8. The van der Waals surface area contributed by atoms with Crippen LogP contribution in [0.25, 0.3) is 11.0 Å². The van der Waals surface area contributed by atoms with Crippen LogP contribution in [0, 0.1) is 0 Å². The van der Waals surface area contributed by atoms with Crippen molar-refractivity contribution in [2.24, 2.45) is 0 Å². The number of nitrogens with one attached hydrogen (secondary N) is 1. The Morgan fingerprint density at radius 2 is 2.32 bits per heavy atom. The van der Waals surface area contributed by atoms with Gasteiger partial charge in [-0.15, -0.1) is 0 Å². The third kappa shape index (κ3) is 2.45. The SMILES string of the molecule is O=C(O)C1CN(S(=O)(=O)c2c[nH]c3nccc(Cl)c23)CCO1. The molecule has 22 heavy (non-hydrogen) atoms. The molecule has 0 bridgehead atoms. The minimum Gasteiger partial charge on any atom is -0.479 e. The summed E-state index contributed by atoms with van der Waals surface area (Å²) in [5, 5.41) is 9.54. The summed E-state index contributed by atoms with van der Waals surface area (Å²) in [6.07, 6.45) is 1.60. The largest absolute Gasteiger partial charge is 0.479 e. The molecule has 118 valence electrons. The number of pyridine rings is 1. The summed E-state index contributed by atoms with van der Waals surface area (Å²) >= 11 is 6.07. The Morgan fingerprint density at radius 3 is 3.05 bits per heavy atom. The molecule has 1 unspecified atom stereocenters. The van der Waals surface area contributed by atoms with Gasteiger partial charge in [-0.1, -0.05) is 11.6 Å². The molecule has 1 aliphatic rings. The number of fused-ring (bicyclic) bond motifs is 1. The van der Waals surface area contributed by atoms with E-state index in [9.17, 15) is 13.2 Å². The van der Waals surface area contributed by atoms with Crippen LogP contribution >= 0.6 is 11.6 Å². The van der Waals surface area contributed by atoms with Crippen LogP contribution in [0.15, 0.2) is 23.4 Å². The van der Waals surface area contributed by atoms with Crippen molar-refractivity contribution in [3.05, 3.63) is 23.5 Å². The molecule has 1 fully saturated rings. The number of hydrogen-bond donors (Lipinski definition) is 2. The van der Waals surface area contributed by atoms with Gasteiger partial charge in [-0.05, 0) is 6.07 Å². The summed E-state index contributed by atoms with van der Waals surface area (Å²) in [5.74, 6) is -1.20. The summed E-state index contributed by atoms with van der Waals surface area (Å²) in [7, 11) is -3.90. The molecule has 3 rings (SSSR count). The zero-order chi connectivity index (χ0) is 15.9. The second-order valence-electron chi connectivity index (χ2n) is 4.73. The van der Waals surface area contributed by atoms with E-state index in [4.69, 9.17) is 21.4 Å². The number of carboxylic acid groups (broad SMARTS) is 1. The van der Waals surface area contributed by atoms with Crippen LogP contribution in [0.4, 0.5) is 0 Å². The summed E-state index contributed by atoms with van der Waals surface area (Å²) in [6.45, 7) is -0.149. The average Bonchev–Trinajstić information content (AvgIpc) is 2.93. The van der Waals surface area contributed by atoms with E-state index in [-0.39, 0.29) is 29.6 Å². The molecule has 2 N–H and O–H groups in total. The van der Waals surface area contributed by atoms with Crippen LogP contribution in [0.5, 0.6) is 0 Å². The van der Waals surface area contributed by atoms with Gasteiger partial charge in [-0.3, -0.25) is 0 Å². The molecule has 2 aromatic rings. The van der Waals surface area contributed by atoms with Gasteiger partial charge in [0.15, 0.2) is 6.10 Å². The molecule has 0 saturated carbocycles. The quantitative estimate of drug-likeness (QED) is 0.846. The topological polar surface area (TPSA) is 113 Å². The number of hydrogen-bond acceptors (Lipinski definition) is 5. The van der Waals surface area contributed by atoms with Crippen molar-refractivity contribution in [2.45, 2.75) is 11.0 Å². The summed E-state index contributed by atoms with van der Waals surface area (Å²) in [4.78, 5) is 17.8. The van der Waals surface area contributed by atoms with E-state index in [1.807, 2.05) is 0 Å². The Bertz CT molecular complexity index is 834. The molecule has 0 spiro atoms. The van der Waals surface area contributed by atoms with Gasteiger partial charge in [0, 0.05) is 18.9 Å². The Balaban J connectivity index is 2.03. The minimum absolute atomic E-state index is 0.0184. The van der Waals surface area contributed by atoms with Crippen molar-refractivity contribution < 1.29 is 23.1 Å². The van der Waals surface area contributed by atoms with Crippen LogP contribution in [0.3, 0.4) is 0 Å². The molecule has 1 saturated heterocycles. The van der Waals surface area contributed by atoms with E-state index in [0.717, 1.165) is 4.31 Å². The summed E-state index contributed by atoms with van der Waals surface area (Å²) in [6, 6.07) is 1.50. The number of H-pyrrole nitrogens is 1. The highest BCUT2D eigenvalue weighted by Gasteiger charge is 2.35. The number of nitrogens with zero attached hydrogens (tertiary/aromatic N) is 2. The fourth-order valence-electron chi connectivity index (χ4n) is 2.32. The van der Waals surface area contributed by atoms with Gasteiger partial charge in [0.2, 0.25) is 10.0 Å². The molecule has 0 radical (unpaired) electrons. The molecule has 2 aromatic heterocycles. The second kappa shape index (κ2) is 5.51. The van der Waals surface area contributed by atoms with E-state index in [2.05, 4.69) is 9.97 Å². The Hall–Kier alpha value is -1.68. The Morgan fingerprint density at radius 1 is 1.55 bits per heavy atom. The predicted molar refractivity (Wildman–Crippen MR) is 77.2 cm³/mol. The van der Waals surface area contributed by atoms with E-state index < -0.39 is 22.1 Å². The number of carboxylic acids is 1. The Labute approximate surface area is 130 Å². The number of morpholine rings is 1. The normalized spacial score (nSPS) is 20.3. The lowest BCUT2D eigenvalue weighted by molar-refractivity contribution is -0.153. The van der Waals surface area contributed by atoms with Crippen molar-refractivity contribution in [3.63, 3.8) is 0 Å². The van der Waals surface area contributed by atoms with Crippen molar-refractivity contribution in [2.75, 3.05) is 19.7 Å². The van der Waals surface area contributed by atoms with Crippen molar-refractivity contribution in [3.8, 4) is 0 Å². The maximum atomic E-state index is 12.8. The molecule has 0 aliphatic carbocycles. The van der Waals surface area contributed by atoms with E-state index in [0.29, 0.717) is 11.0 Å². The highest BCUT2D eigenvalue weighted by Crippen LogP contribution is 2.30. The first-order chi connectivity index (χ1) is 10.4. The van der Waals surface area contributed by atoms with Gasteiger partial charge in [-0.25, -0.2) is 18.2 Å². The monoisotopic (exact) mass is 345 g/mol. The molecule has 1 atom stereocenters. The first-order valence-electron chi connectivity index (χ1n) is 6.37. The number of ether oxygens (including phenoxy) is 1. The van der Waals surface area contributed by atoms with Gasteiger partial charge in [0.05, 0.1) is 23.6 Å². The number of sulfonamides is 1. The summed E-state index contributed by atoms with van der Waals surface area (Å²) < 4.78 is 31.6. The lowest BCUT2D eigenvalue weighted by atomic mass is 10.3. The second-order valence-corrected chi connectivity index (χ2v) is 7.04. The number of halogens is 1. The molecular formula is C12H12ClN3O5S. The van der Waals surface area contributed by atoms with Crippen LogP contribution in [-0.4, -0.2) is 59.6 Å². The summed E-state index contributed by atoms with van der Waals surface area (Å²) in [5.41, 5.74) is 0.356. The fraction of sp³-hybridized carbons (Fsp3) is 0.333. The van der Waals surface area contributed by atoms with Crippen molar-refractivity contribution in [1.29, 1.82) is 0 Å². The third-order valence-corrected chi connectivity index (χ3v) is 5.61. The highest BCUT2D eigenvalue weighted by atomic mass is 35.5. The predicted octanol–water partition coefficient (Wildman–Crippen LogP) is 0.690. The molecule has 0 amide bonds.